The molecule has 0 saturated heterocycles. The van der Waals surface area contributed by atoms with Crippen LogP contribution in [0.3, 0.4) is 0 Å². The summed E-state index contributed by atoms with van der Waals surface area (Å²) in [5, 5.41) is 19.4. The van der Waals surface area contributed by atoms with Crippen LogP contribution in [0.25, 0.3) is 0 Å². The number of Topliss-reactive ketones (excluding diaryl/α,β-unsaturated/α-hetero) is 1. The minimum absolute atomic E-state index is 0.0402. The average molecular weight is 283 g/mol. The second kappa shape index (κ2) is 6.50. The summed E-state index contributed by atoms with van der Waals surface area (Å²) in [7, 11) is 2.56. The summed E-state index contributed by atoms with van der Waals surface area (Å²) in [6.45, 7) is 0. The van der Waals surface area contributed by atoms with Gasteiger partial charge in [-0.25, -0.2) is 0 Å². The van der Waals surface area contributed by atoms with Gasteiger partial charge in [0.05, 0.1) is 31.1 Å². The molecule has 0 atom stereocenters. The fourth-order valence-corrected chi connectivity index (χ4v) is 1.60. The third-order valence-corrected chi connectivity index (χ3v) is 2.56. The lowest BCUT2D eigenvalue weighted by molar-refractivity contribution is -0.385. The third kappa shape index (κ3) is 3.44. The Balaban J connectivity index is 3.23. The number of benzene rings is 1. The molecule has 1 rings (SSSR count). The fourth-order valence-electron chi connectivity index (χ4n) is 1.60. The molecule has 0 aliphatic carbocycles. The van der Waals surface area contributed by atoms with Crippen molar-refractivity contribution in [3.05, 3.63) is 27.8 Å². The highest BCUT2D eigenvalue weighted by Gasteiger charge is 2.23. The van der Waals surface area contributed by atoms with Gasteiger partial charge in [-0.3, -0.25) is 19.7 Å². The Morgan fingerprint density at radius 1 is 1.20 bits per heavy atom. The van der Waals surface area contributed by atoms with Crippen LogP contribution in [0.5, 0.6) is 11.5 Å². The number of hydrogen-bond donors (Lipinski definition) is 1. The van der Waals surface area contributed by atoms with Crippen molar-refractivity contribution in [1.82, 2.24) is 0 Å². The summed E-state index contributed by atoms with van der Waals surface area (Å²) in [6.07, 6.45) is -0.628. The molecule has 20 heavy (non-hydrogen) atoms. The summed E-state index contributed by atoms with van der Waals surface area (Å²) in [6, 6.07) is 2.26. The lowest BCUT2D eigenvalue weighted by atomic mass is 10.0. The van der Waals surface area contributed by atoms with Crippen molar-refractivity contribution in [2.24, 2.45) is 0 Å². The van der Waals surface area contributed by atoms with E-state index in [9.17, 15) is 19.7 Å². The molecule has 0 aliphatic rings. The maximum absolute atomic E-state index is 11.9. The van der Waals surface area contributed by atoms with E-state index in [-0.39, 0.29) is 35.6 Å². The highest BCUT2D eigenvalue weighted by atomic mass is 16.6. The first-order valence-corrected chi connectivity index (χ1v) is 5.56. The van der Waals surface area contributed by atoms with E-state index in [2.05, 4.69) is 0 Å². The molecule has 0 unspecified atom stereocenters. The Labute approximate surface area is 114 Å². The van der Waals surface area contributed by atoms with Crippen molar-refractivity contribution >= 4 is 17.4 Å². The molecule has 0 saturated carbocycles. The van der Waals surface area contributed by atoms with Crippen LogP contribution in [0.2, 0.25) is 0 Å². The monoisotopic (exact) mass is 283 g/mol. The first-order chi connectivity index (χ1) is 9.40. The van der Waals surface area contributed by atoms with E-state index >= 15 is 0 Å². The van der Waals surface area contributed by atoms with E-state index in [0.29, 0.717) is 0 Å². The Bertz CT molecular complexity index is 553. The standard InChI is InChI=1S/C12H13NO7/c1-19-10-6-11(20-2)8(13(17)18)5-7(10)9(14)3-4-12(15)16/h5-6H,3-4H2,1-2H3,(H,15,16). The van der Waals surface area contributed by atoms with Gasteiger partial charge in [-0.15, -0.1) is 0 Å². The van der Waals surface area contributed by atoms with E-state index in [1.54, 1.807) is 0 Å². The van der Waals surface area contributed by atoms with Crippen LogP contribution in [0, 0.1) is 10.1 Å². The lowest BCUT2D eigenvalue weighted by Crippen LogP contribution is -2.07. The van der Waals surface area contributed by atoms with Gasteiger partial charge >= 0.3 is 11.7 Å². The largest absolute Gasteiger partial charge is 0.496 e. The predicted octanol–water partition coefficient (Wildman–Crippen LogP) is 1.66. The van der Waals surface area contributed by atoms with Crippen LogP contribution in [-0.4, -0.2) is 36.0 Å². The van der Waals surface area contributed by atoms with Gasteiger partial charge in [0, 0.05) is 18.6 Å². The van der Waals surface area contributed by atoms with Gasteiger partial charge in [-0.2, -0.15) is 0 Å². The lowest BCUT2D eigenvalue weighted by Gasteiger charge is -2.09. The summed E-state index contributed by atoms with van der Waals surface area (Å²) in [4.78, 5) is 32.6. The van der Waals surface area contributed by atoms with Gasteiger partial charge in [-0.1, -0.05) is 0 Å². The first kappa shape index (κ1) is 15.4. The molecule has 1 aromatic carbocycles. The van der Waals surface area contributed by atoms with Crippen molar-refractivity contribution < 1.29 is 29.1 Å². The Morgan fingerprint density at radius 3 is 2.25 bits per heavy atom. The molecule has 0 amide bonds. The number of nitrogens with zero attached hydrogens (tertiary/aromatic N) is 1. The minimum atomic E-state index is -1.12. The number of nitro groups is 1. The quantitative estimate of drug-likeness (QED) is 0.459. The Hall–Kier alpha value is -2.64. The van der Waals surface area contributed by atoms with Crippen molar-refractivity contribution in [1.29, 1.82) is 0 Å². The fraction of sp³-hybridized carbons (Fsp3) is 0.333. The molecule has 108 valence electrons. The molecule has 0 bridgehead atoms. The number of hydrogen-bond acceptors (Lipinski definition) is 6. The number of carboxylic acid groups (broad SMARTS) is 1. The average Bonchev–Trinajstić information content (AvgIpc) is 2.42. The number of methoxy groups -OCH3 is 2. The van der Waals surface area contributed by atoms with Crippen LogP contribution in [-0.2, 0) is 4.79 Å². The number of ether oxygens (including phenoxy) is 2. The number of ketones is 1. The number of nitro benzene ring substituents is 1. The van der Waals surface area contributed by atoms with Gasteiger partial charge in [0.25, 0.3) is 0 Å². The van der Waals surface area contributed by atoms with Crippen LogP contribution in [0.4, 0.5) is 5.69 Å². The van der Waals surface area contributed by atoms with Gasteiger partial charge in [0.15, 0.2) is 5.78 Å². The molecule has 8 nitrogen and oxygen atoms in total. The zero-order chi connectivity index (χ0) is 15.3. The maximum Gasteiger partial charge on any atom is 0.311 e. The zero-order valence-corrected chi connectivity index (χ0v) is 10.9. The molecule has 1 aromatic rings. The second-order valence-electron chi connectivity index (χ2n) is 3.80. The van der Waals surface area contributed by atoms with E-state index in [1.165, 1.54) is 20.3 Å². The molecule has 1 N–H and O–H groups in total. The number of carbonyl (C=O) groups excluding carboxylic acids is 1. The van der Waals surface area contributed by atoms with E-state index in [1.807, 2.05) is 0 Å². The molecular weight excluding hydrogens is 270 g/mol. The smallest absolute Gasteiger partial charge is 0.311 e. The molecule has 0 heterocycles. The molecule has 0 spiro atoms. The van der Waals surface area contributed by atoms with Gasteiger partial charge in [-0.05, 0) is 0 Å². The van der Waals surface area contributed by atoms with Gasteiger partial charge in [0.2, 0.25) is 5.75 Å². The number of carboxylic acids is 1. The highest BCUT2D eigenvalue weighted by Crippen LogP contribution is 2.35. The van der Waals surface area contributed by atoms with Gasteiger partial charge in [0.1, 0.15) is 5.75 Å². The SMILES string of the molecule is COc1cc(OC)c([N+](=O)[O-])cc1C(=O)CCC(=O)O. The summed E-state index contributed by atoms with van der Waals surface area (Å²) >= 11 is 0. The van der Waals surface area contributed by atoms with Gasteiger partial charge < -0.3 is 14.6 Å². The second-order valence-corrected chi connectivity index (χ2v) is 3.80. The first-order valence-electron chi connectivity index (χ1n) is 5.56. The molecule has 8 heteroatoms. The van der Waals surface area contributed by atoms with Crippen molar-refractivity contribution in [3.63, 3.8) is 0 Å². The van der Waals surface area contributed by atoms with Crippen molar-refractivity contribution in [3.8, 4) is 11.5 Å². The van der Waals surface area contributed by atoms with Crippen molar-refractivity contribution in [2.75, 3.05) is 14.2 Å². The molecule has 0 radical (unpaired) electrons. The predicted molar refractivity (Wildman–Crippen MR) is 67.4 cm³/mol. The normalized spacial score (nSPS) is 9.90. The molecule has 0 fully saturated rings. The zero-order valence-electron chi connectivity index (χ0n) is 10.9. The molecular formula is C12H13NO7. The summed E-state index contributed by atoms with van der Waals surface area (Å²) < 4.78 is 9.83. The topological polar surface area (TPSA) is 116 Å². The number of carbonyl (C=O) groups is 2. The third-order valence-electron chi connectivity index (χ3n) is 2.56. The van der Waals surface area contributed by atoms with E-state index < -0.39 is 16.7 Å². The van der Waals surface area contributed by atoms with E-state index in [0.717, 1.165) is 6.07 Å². The number of aliphatic carboxylic acids is 1. The van der Waals surface area contributed by atoms with Crippen LogP contribution in [0.15, 0.2) is 12.1 Å². The highest BCUT2D eigenvalue weighted by molar-refractivity contribution is 6.00. The van der Waals surface area contributed by atoms with Crippen LogP contribution < -0.4 is 9.47 Å². The Morgan fingerprint density at radius 2 is 1.80 bits per heavy atom. The number of rotatable bonds is 7. The maximum atomic E-state index is 11.9. The molecule has 0 aliphatic heterocycles. The summed E-state index contributed by atoms with van der Waals surface area (Å²) in [5.74, 6) is -1.61. The molecule has 0 aromatic heterocycles. The summed E-state index contributed by atoms with van der Waals surface area (Å²) in [5.41, 5.74) is -0.423. The Kier molecular flexibility index (Phi) is 5.01. The minimum Gasteiger partial charge on any atom is -0.496 e. The van der Waals surface area contributed by atoms with Crippen LogP contribution >= 0.6 is 0 Å². The van der Waals surface area contributed by atoms with E-state index in [4.69, 9.17) is 14.6 Å². The van der Waals surface area contributed by atoms with Crippen molar-refractivity contribution in [2.45, 2.75) is 12.8 Å². The van der Waals surface area contributed by atoms with Crippen LogP contribution in [0.1, 0.15) is 23.2 Å².